The summed E-state index contributed by atoms with van der Waals surface area (Å²) >= 11 is 0. The number of hydrogen-bond donors (Lipinski definition) is 2. The Labute approximate surface area is 116 Å². The van der Waals surface area contributed by atoms with Crippen LogP contribution in [0, 0.1) is 6.92 Å². The van der Waals surface area contributed by atoms with E-state index in [2.05, 4.69) is 6.92 Å². The maximum Gasteiger partial charge on any atom is 0.0550 e. The van der Waals surface area contributed by atoms with Gasteiger partial charge in [0.1, 0.15) is 0 Å². The highest BCUT2D eigenvalue weighted by Gasteiger charge is 2.30. The third-order valence-corrected chi connectivity index (χ3v) is 3.60. The highest BCUT2D eigenvalue weighted by Crippen LogP contribution is 2.28. The van der Waals surface area contributed by atoms with Gasteiger partial charge in [0.05, 0.1) is 13.2 Å². The summed E-state index contributed by atoms with van der Waals surface area (Å²) in [6.45, 7) is 5.32. The van der Waals surface area contributed by atoms with Gasteiger partial charge in [-0.25, -0.2) is 0 Å². The fourth-order valence-electron chi connectivity index (χ4n) is 2.13. The number of unbranched alkanes of at least 4 members (excludes halogenated alkanes) is 1. The van der Waals surface area contributed by atoms with Crippen molar-refractivity contribution in [3.05, 3.63) is 35.4 Å². The molecule has 0 spiro atoms. The number of aryl methyl sites for hydroxylation is 1. The van der Waals surface area contributed by atoms with Gasteiger partial charge in [0.2, 0.25) is 0 Å². The van der Waals surface area contributed by atoms with Crippen LogP contribution in [0.25, 0.3) is 0 Å². The fourth-order valence-corrected chi connectivity index (χ4v) is 2.13. The fraction of sp³-hybridized carbons (Fsp3) is 0.625. The van der Waals surface area contributed by atoms with Gasteiger partial charge >= 0.3 is 0 Å². The molecule has 0 atom stereocenters. The van der Waals surface area contributed by atoms with E-state index in [1.165, 1.54) is 0 Å². The highest BCUT2D eigenvalue weighted by molar-refractivity contribution is 5.30. The minimum Gasteiger partial charge on any atom is -0.395 e. The molecule has 1 aromatic rings. The summed E-state index contributed by atoms with van der Waals surface area (Å²) in [4.78, 5) is 0. The third-order valence-electron chi connectivity index (χ3n) is 3.60. The predicted molar refractivity (Wildman–Crippen MR) is 77.4 cm³/mol. The van der Waals surface area contributed by atoms with Gasteiger partial charge < -0.3 is 14.9 Å². The van der Waals surface area contributed by atoms with E-state index < -0.39 is 5.41 Å². The first-order valence-corrected chi connectivity index (χ1v) is 7.05. The molecule has 2 N–H and O–H groups in total. The lowest BCUT2D eigenvalue weighted by atomic mass is 9.79. The van der Waals surface area contributed by atoms with Crippen molar-refractivity contribution in [2.45, 2.75) is 38.5 Å². The Morgan fingerprint density at radius 3 is 2.47 bits per heavy atom. The van der Waals surface area contributed by atoms with E-state index in [0.29, 0.717) is 13.0 Å². The molecule has 0 fully saturated rings. The third kappa shape index (κ3) is 4.60. The maximum atomic E-state index is 9.71. The van der Waals surface area contributed by atoms with Crippen molar-refractivity contribution < 1.29 is 14.9 Å². The normalized spacial score (nSPS) is 11.8. The monoisotopic (exact) mass is 266 g/mol. The molecule has 3 nitrogen and oxygen atoms in total. The molecule has 108 valence electrons. The van der Waals surface area contributed by atoms with E-state index in [4.69, 9.17) is 4.74 Å². The zero-order valence-electron chi connectivity index (χ0n) is 12.1. The number of hydrogen-bond acceptors (Lipinski definition) is 3. The molecule has 3 heteroatoms. The Bertz CT molecular complexity index is 359. The summed E-state index contributed by atoms with van der Waals surface area (Å²) in [5, 5.41) is 19.4. The molecule has 0 aliphatic carbocycles. The average molecular weight is 266 g/mol. The minimum absolute atomic E-state index is 0.0654. The molecule has 0 bridgehead atoms. The van der Waals surface area contributed by atoms with E-state index in [-0.39, 0.29) is 13.2 Å². The summed E-state index contributed by atoms with van der Waals surface area (Å²) in [7, 11) is 0. The van der Waals surface area contributed by atoms with Crippen LogP contribution in [0.2, 0.25) is 0 Å². The van der Waals surface area contributed by atoms with Gasteiger partial charge in [-0.15, -0.1) is 0 Å². The Kier molecular flexibility index (Phi) is 7.06. The number of ether oxygens (including phenoxy) is 1. The highest BCUT2D eigenvalue weighted by atomic mass is 16.5. The van der Waals surface area contributed by atoms with E-state index >= 15 is 0 Å². The summed E-state index contributed by atoms with van der Waals surface area (Å²) in [5.74, 6) is 0. The Hall–Kier alpha value is -0.900. The van der Waals surface area contributed by atoms with E-state index in [0.717, 1.165) is 30.6 Å². The van der Waals surface area contributed by atoms with Crippen molar-refractivity contribution in [1.82, 2.24) is 0 Å². The van der Waals surface area contributed by atoms with Crippen molar-refractivity contribution in [1.29, 1.82) is 0 Å². The van der Waals surface area contributed by atoms with Crippen molar-refractivity contribution in [2.75, 3.05) is 26.4 Å². The Morgan fingerprint density at radius 1 is 1.16 bits per heavy atom. The molecular weight excluding hydrogens is 240 g/mol. The number of aliphatic hydroxyl groups is 2. The molecule has 1 rings (SSSR count). The first-order chi connectivity index (χ1) is 9.18. The van der Waals surface area contributed by atoms with Crippen LogP contribution in [0.5, 0.6) is 0 Å². The molecule has 0 heterocycles. The van der Waals surface area contributed by atoms with Crippen LogP contribution in [-0.4, -0.2) is 36.6 Å². The smallest absolute Gasteiger partial charge is 0.0550 e. The molecule has 0 aliphatic heterocycles. The molecular formula is C16H26O3. The van der Waals surface area contributed by atoms with Gasteiger partial charge in [-0.3, -0.25) is 0 Å². The molecule has 0 radical (unpaired) electrons. The maximum absolute atomic E-state index is 9.71. The van der Waals surface area contributed by atoms with Crippen molar-refractivity contribution in [3.8, 4) is 0 Å². The Morgan fingerprint density at radius 2 is 1.89 bits per heavy atom. The molecule has 19 heavy (non-hydrogen) atoms. The van der Waals surface area contributed by atoms with Gasteiger partial charge in [0.15, 0.2) is 0 Å². The minimum atomic E-state index is -0.599. The van der Waals surface area contributed by atoms with Gasteiger partial charge in [-0.1, -0.05) is 43.2 Å². The molecule has 0 aromatic heterocycles. The molecule has 0 amide bonds. The summed E-state index contributed by atoms with van der Waals surface area (Å²) in [5.41, 5.74) is 1.52. The lowest BCUT2D eigenvalue weighted by Crippen LogP contribution is -2.36. The second-order valence-electron chi connectivity index (χ2n) is 5.18. The van der Waals surface area contributed by atoms with Crippen LogP contribution in [-0.2, 0) is 10.2 Å². The SMILES string of the molecule is CCCCOCCC(CO)(CO)c1cccc(C)c1. The van der Waals surface area contributed by atoms with Gasteiger partial charge in [0.25, 0.3) is 0 Å². The lowest BCUT2D eigenvalue weighted by Gasteiger charge is -2.30. The summed E-state index contributed by atoms with van der Waals surface area (Å²) < 4.78 is 5.56. The standard InChI is InChI=1S/C16H26O3/c1-3-4-9-19-10-8-16(12-17,13-18)15-7-5-6-14(2)11-15/h5-7,11,17-18H,3-4,8-10,12-13H2,1-2H3. The van der Waals surface area contributed by atoms with E-state index in [1.54, 1.807) is 0 Å². The topological polar surface area (TPSA) is 49.7 Å². The second kappa shape index (κ2) is 8.31. The quantitative estimate of drug-likeness (QED) is 0.675. The molecule has 0 saturated heterocycles. The molecule has 0 saturated carbocycles. The predicted octanol–water partition coefficient (Wildman–Crippen LogP) is 2.42. The summed E-state index contributed by atoms with van der Waals surface area (Å²) in [6, 6.07) is 7.97. The lowest BCUT2D eigenvalue weighted by molar-refractivity contribution is 0.0616. The first-order valence-electron chi connectivity index (χ1n) is 7.05. The largest absolute Gasteiger partial charge is 0.395 e. The van der Waals surface area contributed by atoms with E-state index in [9.17, 15) is 10.2 Å². The van der Waals surface area contributed by atoms with Gasteiger partial charge in [0, 0.05) is 18.6 Å². The number of benzene rings is 1. The van der Waals surface area contributed by atoms with Crippen LogP contribution in [0.4, 0.5) is 0 Å². The van der Waals surface area contributed by atoms with Crippen LogP contribution in [0.1, 0.15) is 37.3 Å². The summed E-state index contributed by atoms with van der Waals surface area (Å²) in [6.07, 6.45) is 2.80. The Balaban J connectivity index is 2.68. The zero-order chi connectivity index (χ0) is 14.1. The first kappa shape index (κ1) is 16.2. The molecule has 0 unspecified atom stereocenters. The molecule has 0 aliphatic rings. The van der Waals surface area contributed by atoms with Crippen LogP contribution < -0.4 is 0 Å². The van der Waals surface area contributed by atoms with Crippen molar-refractivity contribution >= 4 is 0 Å². The number of aliphatic hydroxyl groups excluding tert-OH is 2. The average Bonchev–Trinajstić information content (AvgIpc) is 2.43. The van der Waals surface area contributed by atoms with Crippen molar-refractivity contribution in [2.24, 2.45) is 0 Å². The second-order valence-corrected chi connectivity index (χ2v) is 5.18. The van der Waals surface area contributed by atoms with Crippen molar-refractivity contribution in [3.63, 3.8) is 0 Å². The van der Waals surface area contributed by atoms with Gasteiger partial charge in [-0.05, 0) is 25.3 Å². The van der Waals surface area contributed by atoms with Crippen LogP contribution in [0.3, 0.4) is 0 Å². The number of rotatable bonds is 9. The van der Waals surface area contributed by atoms with Crippen LogP contribution >= 0.6 is 0 Å². The zero-order valence-corrected chi connectivity index (χ0v) is 12.1. The van der Waals surface area contributed by atoms with Gasteiger partial charge in [-0.2, -0.15) is 0 Å². The van der Waals surface area contributed by atoms with E-state index in [1.807, 2.05) is 31.2 Å². The molecule has 1 aromatic carbocycles. The van der Waals surface area contributed by atoms with Crippen LogP contribution in [0.15, 0.2) is 24.3 Å².